The van der Waals surface area contributed by atoms with E-state index < -0.39 is 0 Å². The van der Waals surface area contributed by atoms with Crippen LogP contribution < -0.4 is 5.32 Å². The molecule has 0 spiro atoms. The molecule has 0 saturated heterocycles. The third-order valence-corrected chi connectivity index (χ3v) is 2.92. The Morgan fingerprint density at radius 2 is 2.27 bits per heavy atom. The Morgan fingerprint density at radius 3 is 2.64 bits per heavy atom. The van der Waals surface area contributed by atoms with Gasteiger partial charge in [-0.15, -0.1) is 11.6 Å². The van der Waals surface area contributed by atoms with Gasteiger partial charge in [0.2, 0.25) is 0 Å². The number of rotatable bonds is 4. The topological polar surface area (TPSA) is 12.0 Å². The van der Waals surface area contributed by atoms with Crippen LogP contribution in [0.3, 0.4) is 0 Å². The van der Waals surface area contributed by atoms with Crippen LogP contribution in [0.15, 0.2) is 11.1 Å². The van der Waals surface area contributed by atoms with Crippen molar-refractivity contribution >= 4 is 23.2 Å². The van der Waals surface area contributed by atoms with E-state index in [2.05, 4.69) is 5.32 Å². The Morgan fingerprint density at radius 1 is 1.64 bits per heavy atom. The van der Waals surface area contributed by atoms with E-state index in [0.717, 1.165) is 12.1 Å². The van der Waals surface area contributed by atoms with Crippen LogP contribution in [0, 0.1) is 0 Å². The molecule has 1 rings (SSSR count). The first-order valence-electron chi connectivity index (χ1n) is 3.79. The van der Waals surface area contributed by atoms with Gasteiger partial charge < -0.3 is 5.32 Å². The van der Waals surface area contributed by atoms with Gasteiger partial charge in [0.25, 0.3) is 0 Å². The van der Waals surface area contributed by atoms with Crippen molar-refractivity contribution in [1.29, 1.82) is 0 Å². The Bertz CT molecular complexity index is 161. The molecule has 0 atom stereocenters. The first kappa shape index (κ1) is 9.37. The van der Waals surface area contributed by atoms with Crippen LogP contribution in [0.4, 0.5) is 0 Å². The molecule has 0 heterocycles. The van der Waals surface area contributed by atoms with E-state index in [1.807, 2.05) is 6.92 Å². The van der Waals surface area contributed by atoms with Crippen molar-refractivity contribution in [3.05, 3.63) is 11.1 Å². The van der Waals surface area contributed by atoms with Crippen molar-refractivity contribution in [2.75, 3.05) is 12.4 Å². The molecule has 11 heavy (non-hydrogen) atoms. The van der Waals surface area contributed by atoms with Gasteiger partial charge >= 0.3 is 0 Å². The van der Waals surface area contributed by atoms with Crippen molar-refractivity contribution in [1.82, 2.24) is 5.32 Å². The van der Waals surface area contributed by atoms with Crippen LogP contribution in [0.1, 0.15) is 19.8 Å². The summed E-state index contributed by atoms with van der Waals surface area (Å²) in [5.41, 5.74) is 3.00. The van der Waals surface area contributed by atoms with E-state index in [4.69, 9.17) is 23.2 Å². The molecular formula is C8H13Cl2N. The zero-order valence-corrected chi connectivity index (χ0v) is 8.17. The fourth-order valence-corrected chi connectivity index (χ4v) is 1.31. The van der Waals surface area contributed by atoms with E-state index >= 15 is 0 Å². The highest BCUT2D eigenvalue weighted by Crippen LogP contribution is 2.36. The predicted octanol–water partition coefficient (Wildman–Crippen LogP) is 2.49. The fraction of sp³-hybridized carbons (Fsp3) is 0.750. The van der Waals surface area contributed by atoms with Gasteiger partial charge in [0.15, 0.2) is 0 Å². The van der Waals surface area contributed by atoms with Crippen molar-refractivity contribution in [2.45, 2.75) is 25.3 Å². The summed E-state index contributed by atoms with van der Waals surface area (Å²) in [6.07, 6.45) is 2.40. The number of hydrogen-bond donors (Lipinski definition) is 1. The lowest BCUT2D eigenvalue weighted by molar-refractivity contribution is 0.573. The third kappa shape index (κ3) is 2.66. The molecule has 0 amide bonds. The Hall–Kier alpha value is 0.280. The summed E-state index contributed by atoms with van der Waals surface area (Å²) in [7, 11) is 0. The molecule has 1 nitrogen and oxygen atoms in total. The summed E-state index contributed by atoms with van der Waals surface area (Å²) in [6.45, 7) is 2.86. The van der Waals surface area contributed by atoms with E-state index in [0.29, 0.717) is 5.88 Å². The van der Waals surface area contributed by atoms with Crippen LogP contribution in [0.25, 0.3) is 0 Å². The van der Waals surface area contributed by atoms with E-state index in [1.165, 1.54) is 12.8 Å². The minimum absolute atomic E-state index is 0.239. The number of hydrogen-bond acceptors (Lipinski definition) is 1. The summed E-state index contributed by atoms with van der Waals surface area (Å²) in [5, 5.41) is 3.39. The normalized spacial score (nSPS) is 21.9. The van der Waals surface area contributed by atoms with Gasteiger partial charge in [-0.1, -0.05) is 11.6 Å². The summed E-state index contributed by atoms with van der Waals surface area (Å²) >= 11 is 11.3. The molecule has 1 N–H and O–H groups in total. The van der Waals surface area contributed by atoms with Gasteiger partial charge in [-0.3, -0.25) is 0 Å². The maximum atomic E-state index is 5.77. The molecule has 1 fully saturated rings. The molecule has 0 aromatic carbocycles. The Kier molecular flexibility index (Phi) is 3.23. The molecule has 3 heteroatoms. The van der Waals surface area contributed by atoms with Crippen LogP contribution in [0.2, 0.25) is 0 Å². The van der Waals surface area contributed by atoms with Gasteiger partial charge in [0, 0.05) is 23.5 Å². The Labute approximate surface area is 77.8 Å². The van der Waals surface area contributed by atoms with Crippen LogP contribution in [0.5, 0.6) is 0 Å². The quantitative estimate of drug-likeness (QED) is 0.678. The molecule has 1 aliphatic carbocycles. The minimum atomic E-state index is 0.239. The highest BCUT2D eigenvalue weighted by atomic mass is 35.5. The lowest BCUT2D eigenvalue weighted by Gasteiger charge is -2.13. The molecule has 0 aliphatic heterocycles. The van der Waals surface area contributed by atoms with Gasteiger partial charge in [-0.05, 0) is 25.3 Å². The highest BCUT2D eigenvalue weighted by Gasteiger charge is 2.40. The van der Waals surface area contributed by atoms with Crippen molar-refractivity contribution < 1.29 is 0 Å². The molecule has 0 bridgehead atoms. The molecule has 0 aromatic heterocycles. The van der Waals surface area contributed by atoms with Gasteiger partial charge in [-0.25, -0.2) is 0 Å². The maximum Gasteiger partial charge on any atom is 0.0406 e. The van der Waals surface area contributed by atoms with Gasteiger partial charge in [0.05, 0.1) is 0 Å². The van der Waals surface area contributed by atoms with Crippen LogP contribution in [-0.4, -0.2) is 18.0 Å². The number of alkyl halides is 1. The lowest BCUT2D eigenvalue weighted by atomic mass is 10.3. The van der Waals surface area contributed by atoms with Crippen LogP contribution in [-0.2, 0) is 0 Å². The van der Waals surface area contributed by atoms with E-state index in [-0.39, 0.29) is 5.54 Å². The number of halogens is 2. The largest absolute Gasteiger partial charge is 0.306 e. The molecular weight excluding hydrogens is 181 g/mol. The number of nitrogens with one attached hydrogen (secondary N) is 1. The predicted molar refractivity (Wildman–Crippen MR) is 50.3 cm³/mol. The highest BCUT2D eigenvalue weighted by molar-refractivity contribution is 6.25. The van der Waals surface area contributed by atoms with Crippen LogP contribution >= 0.6 is 23.2 Å². The van der Waals surface area contributed by atoms with Crippen molar-refractivity contribution in [3.8, 4) is 0 Å². The zero-order valence-electron chi connectivity index (χ0n) is 6.66. The Balaban J connectivity index is 2.22. The van der Waals surface area contributed by atoms with Gasteiger partial charge in [-0.2, -0.15) is 0 Å². The SMILES string of the molecule is CC(=CCl)CNC1(CCl)CC1. The summed E-state index contributed by atoms with van der Waals surface area (Å²) in [6, 6.07) is 0. The minimum Gasteiger partial charge on any atom is -0.306 e. The lowest BCUT2D eigenvalue weighted by Crippen LogP contribution is -2.33. The first-order valence-corrected chi connectivity index (χ1v) is 4.76. The third-order valence-electron chi connectivity index (χ3n) is 2.04. The van der Waals surface area contributed by atoms with E-state index in [9.17, 15) is 0 Å². The summed E-state index contributed by atoms with van der Waals surface area (Å²) < 4.78 is 0. The average molecular weight is 194 g/mol. The standard InChI is InChI=1S/C8H13Cl2N/c1-7(4-9)5-11-8(6-10)2-3-8/h4,11H,2-3,5-6H2,1H3. The maximum absolute atomic E-state index is 5.77. The monoisotopic (exact) mass is 193 g/mol. The fourth-order valence-electron chi connectivity index (χ4n) is 0.874. The first-order chi connectivity index (χ1) is 5.22. The second-order valence-electron chi connectivity index (χ2n) is 3.22. The van der Waals surface area contributed by atoms with Gasteiger partial charge in [0.1, 0.15) is 0 Å². The molecule has 0 unspecified atom stereocenters. The van der Waals surface area contributed by atoms with Crippen molar-refractivity contribution in [3.63, 3.8) is 0 Å². The molecule has 1 aliphatic rings. The molecule has 64 valence electrons. The zero-order chi connectivity index (χ0) is 8.32. The average Bonchev–Trinajstić information content (AvgIpc) is 2.81. The smallest absolute Gasteiger partial charge is 0.0406 e. The second-order valence-corrected chi connectivity index (χ2v) is 3.71. The molecule has 0 radical (unpaired) electrons. The molecule has 0 aromatic rings. The summed E-state index contributed by atoms with van der Waals surface area (Å²) in [5.74, 6) is 0.711. The second kappa shape index (κ2) is 3.79. The summed E-state index contributed by atoms with van der Waals surface area (Å²) in [4.78, 5) is 0. The molecule has 1 saturated carbocycles. The van der Waals surface area contributed by atoms with E-state index in [1.54, 1.807) is 5.54 Å². The van der Waals surface area contributed by atoms with Crippen molar-refractivity contribution in [2.24, 2.45) is 0 Å².